The van der Waals surface area contributed by atoms with Gasteiger partial charge in [-0.2, -0.15) is 0 Å². The topological polar surface area (TPSA) is 29.3 Å². The summed E-state index contributed by atoms with van der Waals surface area (Å²) in [6, 6.07) is 8.46. The normalized spacial score (nSPS) is 11.2. The molecule has 0 amide bonds. The maximum atomic E-state index is 5.58. The summed E-state index contributed by atoms with van der Waals surface area (Å²) in [6.45, 7) is 7.42. The number of halogens is 1. The average molecular weight is 329 g/mol. The van der Waals surface area contributed by atoms with Crippen LogP contribution in [0.5, 0.6) is 0 Å². The van der Waals surface area contributed by atoms with Gasteiger partial charge in [-0.15, -0.1) is 0 Å². The van der Waals surface area contributed by atoms with Crippen molar-refractivity contribution in [1.82, 2.24) is 4.90 Å². The van der Waals surface area contributed by atoms with E-state index in [1.165, 1.54) is 5.56 Å². The Morgan fingerprint density at radius 1 is 1.33 bits per heavy atom. The van der Waals surface area contributed by atoms with Gasteiger partial charge in [-0.3, -0.25) is 4.90 Å². The Kier molecular flexibility index (Phi) is 6.82. The number of benzene rings is 1. The van der Waals surface area contributed by atoms with Gasteiger partial charge in [0.05, 0.1) is 4.99 Å². The Morgan fingerprint density at radius 3 is 2.44 bits per heavy atom. The highest BCUT2D eigenvalue weighted by atomic mass is 79.9. The fourth-order valence-corrected chi connectivity index (χ4v) is 2.22. The van der Waals surface area contributed by atoms with Crippen LogP contribution in [0.3, 0.4) is 0 Å². The summed E-state index contributed by atoms with van der Waals surface area (Å²) in [6.07, 6.45) is 0.790. The average Bonchev–Trinajstić information content (AvgIpc) is 2.28. The highest BCUT2D eigenvalue weighted by molar-refractivity contribution is 9.10. The highest BCUT2D eigenvalue weighted by Gasteiger charge is 2.08. The van der Waals surface area contributed by atoms with Gasteiger partial charge in [-0.05, 0) is 23.6 Å². The van der Waals surface area contributed by atoms with Gasteiger partial charge in [-0.1, -0.05) is 54.1 Å². The van der Waals surface area contributed by atoms with E-state index in [1.54, 1.807) is 0 Å². The molecule has 0 heterocycles. The Bertz CT molecular complexity index is 376. The number of hydrogen-bond acceptors (Lipinski definition) is 2. The van der Waals surface area contributed by atoms with E-state index < -0.39 is 0 Å². The third-order valence-electron chi connectivity index (χ3n) is 2.62. The van der Waals surface area contributed by atoms with E-state index in [1.807, 2.05) is 0 Å². The van der Waals surface area contributed by atoms with Crippen molar-refractivity contribution >= 4 is 33.1 Å². The summed E-state index contributed by atoms with van der Waals surface area (Å²) < 4.78 is 1.12. The molecule has 2 nitrogen and oxygen atoms in total. The van der Waals surface area contributed by atoms with Crippen molar-refractivity contribution in [3.63, 3.8) is 0 Å². The zero-order valence-electron chi connectivity index (χ0n) is 11.0. The number of hydrogen-bond donors (Lipinski definition) is 1. The van der Waals surface area contributed by atoms with Gasteiger partial charge in [0.15, 0.2) is 0 Å². The van der Waals surface area contributed by atoms with Gasteiger partial charge in [-0.25, -0.2) is 0 Å². The third kappa shape index (κ3) is 6.47. The molecule has 100 valence electrons. The molecule has 0 aliphatic heterocycles. The van der Waals surface area contributed by atoms with Gasteiger partial charge in [0.1, 0.15) is 0 Å². The Hall–Kier alpha value is -0.450. The Labute approximate surface area is 124 Å². The molecule has 0 fully saturated rings. The monoisotopic (exact) mass is 328 g/mol. The molecular formula is C14H21BrN2S. The molecule has 0 aromatic heterocycles. The van der Waals surface area contributed by atoms with Gasteiger partial charge >= 0.3 is 0 Å². The molecule has 1 aromatic carbocycles. The van der Waals surface area contributed by atoms with Crippen LogP contribution in [-0.2, 0) is 6.54 Å². The van der Waals surface area contributed by atoms with E-state index in [9.17, 15) is 0 Å². The quantitative estimate of drug-likeness (QED) is 0.775. The van der Waals surface area contributed by atoms with Gasteiger partial charge in [0.2, 0.25) is 0 Å². The Balaban J connectivity index is 2.59. The first kappa shape index (κ1) is 15.6. The van der Waals surface area contributed by atoms with E-state index in [0.717, 1.165) is 30.5 Å². The van der Waals surface area contributed by atoms with Crippen LogP contribution in [0.4, 0.5) is 0 Å². The van der Waals surface area contributed by atoms with E-state index >= 15 is 0 Å². The molecule has 18 heavy (non-hydrogen) atoms. The van der Waals surface area contributed by atoms with Crippen LogP contribution in [0.1, 0.15) is 25.8 Å². The molecule has 1 rings (SSSR count). The van der Waals surface area contributed by atoms with Gasteiger partial charge < -0.3 is 5.73 Å². The van der Waals surface area contributed by atoms with Crippen molar-refractivity contribution in [1.29, 1.82) is 0 Å². The van der Waals surface area contributed by atoms with Gasteiger partial charge in [0.25, 0.3) is 0 Å². The van der Waals surface area contributed by atoms with Crippen LogP contribution in [-0.4, -0.2) is 23.0 Å². The SMILES string of the molecule is CC(C)CN(CCC(N)=S)Cc1ccc(Br)cc1. The number of thiocarbonyl (C=S) groups is 1. The fourth-order valence-electron chi connectivity index (χ4n) is 1.87. The summed E-state index contributed by atoms with van der Waals surface area (Å²) in [5, 5.41) is 0. The lowest BCUT2D eigenvalue weighted by atomic mass is 10.1. The summed E-state index contributed by atoms with van der Waals surface area (Å²) in [5.74, 6) is 0.645. The molecule has 0 bridgehead atoms. The van der Waals surface area contributed by atoms with Crippen molar-refractivity contribution in [3.05, 3.63) is 34.3 Å². The summed E-state index contributed by atoms with van der Waals surface area (Å²) >= 11 is 8.41. The molecule has 0 atom stereocenters. The Morgan fingerprint density at radius 2 is 1.94 bits per heavy atom. The largest absolute Gasteiger partial charge is 0.393 e. The molecule has 0 aliphatic carbocycles. The first-order chi connectivity index (χ1) is 8.47. The zero-order valence-corrected chi connectivity index (χ0v) is 13.4. The van der Waals surface area contributed by atoms with E-state index in [0.29, 0.717) is 10.9 Å². The van der Waals surface area contributed by atoms with Crippen molar-refractivity contribution in [3.8, 4) is 0 Å². The van der Waals surface area contributed by atoms with Crippen LogP contribution in [0, 0.1) is 5.92 Å². The maximum absolute atomic E-state index is 5.58. The molecule has 0 saturated carbocycles. The summed E-state index contributed by atoms with van der Waals surface area (Å²) in [5.41, 5.74) is 6.90. The zero-order chi connectivity index (χ0) is 13.5. The van der Waals surface area contributed by atoms with Crippen LogP contribution in [0.15, 0.2) is 28.7 Å². The second-order valence-electron chi connectivity index (χ2n) is 4.97. The maximum Gasteiger partial charge on any atom is 0.0740 e. The first-order valence-corrected chi connectivity index (χ1v) is 7.42. The minimum atomic E-state index is 0.597. The van der Waals surface area contributed by atoms with E-state index in [2.05, 4.69) is 58.9 Å². The van der Waals surface area contributed by atoms with Crippen LogP contribution >= 0.6 is 28.1 Å². The lowest BCUT2D eigenvalue weighted by Crippen LogP contribution is -2.30. The molecule has 0 unspecified atom stereocenters. The molecule has 0 saturated heterocycles. The first-order valence-electron chi connectivity index (χ1n) is 6.22. The third-order valence-corrected chi connectivity index (χ3v) is 3.35. The number of nitrogens with two attached hydrogens (primary N) is 1. The number of rotatable bonds is 7. The molecule has 0 radical (unpaired) electrons. The van der Waals surface area contributed by atoms with Crippen LogP contribution in [0.25, 0.3) is 0 Å². The molecule has 0 aliphatic rings. The van der Waals surface area contributed by atoms with E-state index in [4.69, 9.17) is 18.0 Å². The lowest BCUT2D eigenvalue weighted by molar-refractivity contribution is 0.243. The highest BCUT2D eigenvalue weighted by Crippen LogP contribution is 2.13. The minimum Gasteiger partial charge on any atom is -0.393 e. The standard InChI is InChI=1S/C14H21BrN2S/c1-11(2)9-17(8-7-14(16)18)10-12-3-5-13(15)6-4-12/h3-6,11H,7-10H2,1-2H3,(H2,16,18). The summed E-state index contributed by atoms with van der Waals surface area (Å²) in [7, 11) is 0. The number of nitrogens with zero attached hydrogens (tertiary/aromatic N) is 1. The van der Waals surface area contributed by atoms with Crippen LogP contribution < -0.4 is 5.73 Å². The molecule has 4 heteroatoms. The fraction of sp³-hybridized carbons (Fsp3) is 0.500. The van der Waals surface area contributed by atoms with Crippen LogP contribution in [0.2, 0.25) is 0 Å². The lowest BCUT2D eigenvalue weighted by Gasteiger charge is -2.24. The van der Waals surface area contributed by atoms with Crippen molar-refractivity contribution in [2.45, 2.75) is 26.8 Å². The molecule has 0 spiro atoms. The van der Waals surface area contributed by atoms with E-state index in [-0.39, 0.29) is 0 Å². The van der Waals surface area contributed by atoms with Gasteiger partial charge in [0, 0.05) is 30.5 Å². The second kappa shape index (κ2) is 7.87. The van der Waals surface area contributed by atoms with Crippen molar-refractivity contribution < 1.29 is 0 Å². The van der Waals surface area contributed by atoms with Crippen molar-refractivity contribution in [2.75, 3.05) is 13.1 Å². The molecular weight excluding hydrogens is 308 g/mol. The summed E-state index contributed by atoms with van der Waals surface area (Å²) in [4.78, 5) is 3.01. The predicted octanol–water partition coefficient (Wildman–Crippen LogP) is 3.58. The molecule has 1 aromatic rings. The molecule has 2 N–H and O–H groups in total. The van der Waals surface area contributed by atoms with Crippen molar-refractivity contribution in [2.24, 2.45) is 11.7 Å². The second-order valence-corrected chi connectivity index (χ2v) is 6.41. The predicted molar refractivity (Wildman–Crippen MR) is 85.7 cm³/mol. The minimum absolute atomic E-state index is 0.597. The smallest absolute Gasteiger partial charge is 0.0740 e.